The first-order valence-electron chi connectivity index (χ1n) is 8.67. The van der Waals surface area contributed by atoms with E-state index in [2.05, 4.69) is 22.3 Å². The fourth-order valence-corrected chi connectivity index (χ4v) is 5.49. The number of nitrogens with zero attached hydrogens (tertiary/aromatic N) is 1. The van der Waals surface area contributed by atoms with Crippen molar-refractivity contribution in [3.8, 4) is 0 Å². The Labute approximate surface area is 159 Å². The molecule has 3 atom stereocenters. The molecule has 3 N–H and O–H groups in total. The highest BCUT2D eigenvalue weighted by atomic mass is 32.1. The van der Waals surface area contributed by atoms with Crippen molar-refractivity contribution in [3.63, 3.8) is 0 Å². The van der Waals surface area contributed by atoms with E-state index >= 15 is 0 Å². The molecule has 1 aromatic carbocycles. The summed E-state index contributed by atoms with van der Waals surface area (Å²) in [5, 5.41) is 20.9. The Balaban J connectivity index is 1.70. The highest BCUT2D eigenvalue weighted by molar-refractivity contribution is 7.17. The van der Waals surface area contributed by atoms with E-state index in [0.29, 0.717) is 6.54 Å². The number of piperidine rings is 1. The lowest BCUT2D eigenvalue weighted by molar-refractivity contribution is -0.147. The summed E-state index contributed by atoms with van der Waals surface area (Å²) in [4.78, 5) is 37.5. The summed E-state index contributed by atoms with van der Waals surface area (Å²) in [6.45, 7) is 1.36. The van der Waals surface area contributed by atoms with Gasteiger partial charge in [-0.1, -0.05) is 30.3 Å². The lowest BCUT2D eigenvalue weighted by Crippen LogP contribution is -2.40. The second-order valence-electron chi connectivity index (χ2n) is 6.84. The van der Waals surface area contributed by atoms with Crippen molar-refractivity contribution in [2.45, 2.75) is 31.3 Å². The molecule has 1 fully saturated rings. The van der Waals surface area contributed by atoms with E-state index in [-0.39, 0.29) is 22.5 Å². The SMILES string of the molecule is O=C(O)C(=O)Nc1sc2c(c1C(=O)O)C1CCC(c3ccccc3)N(C2)C1. The van der Waals surface area contributed by atoms with Crippen molar-refractivity contribution < 1.29 is 24.6 Å². The molecule has 0 spiro atoms. The minimum atomic E-state index is -1.63. The molecule has 0 aliphatic carbocycles. The fraction of sp³-hybridized carbons (Fsp3) is 0.316. The third-order valence-corrected chi connectivity index (χ3v) is 6.39. The molecule has 2 aliphatic rings. The van der Waals surface area contributed by atoms with Gasteiger partial charge >= 0.3 is 17.8 Å². The number of thiophene rings is 1. The van der Waals surface area contributed by atoms with Crippen molar-refractivity contribution in [1.29, 1.82) is 0 Å². The average Bonchev–Trinajstić information content (AvgIpc) is 3.00. The Morgan fingerprint density at radius 1 is 1.11 bits per heavy atom. The maximum atomic E-state index is 11.8. The second-order valence-corrected chi connectivity index (χ2v) is 7.94. The van der Waals surface area contributed by atoms with E-state index in [1.165, 1.54) is 16.9 Å². The second kappa shape index (κ2) is 6.79. The zero-order valence-corrected chi connectivity index (χ0v) is 15.2. The van der Waals surface area contributed by atoms with Crippen LogP contribution in [0.15, 0.2) is 30.3 Å². The highest BCUT2D eigenvalue weighted by Crippen LogP contribution is 2.49. The summed E-state index contributed by atoms with van der Waals surface area (Å²) < 4.78 is 0. The predicted molar refractivity (Wildman–Crippen MR) is 99.1 cm³/mol. The number of hydrogen-bond acceptors (Lipinski definition) is 5. The predicted octanol–water partition coefficient (Wildman–Crippen LogP) is 2.90. The third kappa shape index (κ3) is 3.11. The van der Waals surface area contributed by atoms with Crippen LogP contribution in [0.2, 0.25) is 0 Å². The molecule has 2 aromatic rings. The van der Waals surface area contributed by atoms with Gasteiger partial charge in [0.25, 0.3) is 0 Å². The van der Waals surface area contributed by atoms with E-state index in [4.69, 9.17) is 5.11 Å². The van der Waals surface area contributed by atoms with Crippen LogP contribution >= 0.6 is 11.3 Å². The molecule has 3 unspecified atom stereocenters. The Hall–Kier alpha value is -2.71. The van der Waals surface area contributed by atoms with Crippen LogP contribution in [0.5, 0.6) is 0 Å². The van der Waals surface area contributed by atoms with E-state index in [1.54, 1.807) is 0 Å². The van der Waals surface area contributed by atoms with E-state index in [9.17, 15) is 19.5 Å². The van der Waals surface area contributed by atoms with Gasteiger partial charge < -0.3 is 15.5 Å². The number of benzene rings is 1. The Morgan fingerprint density at radius 3 is 2.52 bits per heavy atom. The third-order valence-electron chi connectivity index (χ3n) is 5.28. The van der Waals surface area contributed by atoms with Crippen molar-refractivity contribution in [2.75, 3.05) is 11.9 Å². The molecule has 1 aromatic heterocycles. The summed E-state index contributed by atoms with van der Waals surface area (Å²) in [6.07, 6.45) is 1.78. The number of carbonyl (C=O) groups is 3. The Morgan fingerprint density at radius 2 is 1.85 bits per heavy atom. The zero-order chi connectivity index (χ0) is 19.1. The molecule has 7 nitrogen and oxygen atoms in total. The standard InChI is InChI=1S/C19H18N2O5S/c22-16(19(25)26)20-17-15(18(23)24)14-11-6-7-12(10-4-2-1-3-5-10)21(8-11)9-13(14)27-17/h1-5,11-12H,6-9H2,(H,20,22)(H,23,24)(H,25,26). The summed E-state index contributed by atoms with van der Waals surface area (Å²) in [5.41, 5.74) is 2.05. The largest absolute Gasteiger partial charge is 0.478 e. The molecular weight excluding hydrogens is 368 g/mol. The van der Waals surface area contributed by atoms with Crippen molar-refractivity contribution in [1.82, 2.24) is 4.90 Å². The number of aliphatic carboxylic acids is 1. The molecule has 8 heteroatoms. The van der Waals surface area contributed by atoms with Crippen LogP contribution in [-0.4, -0.2) is 39.5 Å². The van der Waals surface area contributed by atoms with Gasteiger partial charge in [0, 0.05) is 24.0 Å². The van der Waals surface area contributed by atoms with Gasteiger partial charge in [0.1, 0.15) is 5.00 Å². The van der Waals surface area contributed by atoms with Crippen LogP contribution in [0.1, 0.15) is 51.2 Å². The number of fused-ring (bicyclic) bond motifs is 4. The Bertz CT molecular complexity index is 924. The topological polar surface area (TPSA) is 107 Å². The highest BCUT2D eigenvalue weighted by Gasteiger charge is 2.40. The van der Waals surface area contributed by atoms with Gasteiger partial charge in [-0.15, -0.1) is 11.3 Å². The van der Waals surface area contributed by atoms with Gasteiger partial charge in [0.05, 0.1) is 5.56 Å². The minimum Gasteiger partial charge on any atom is -0.478 e. The molecule has 27 heavy (non-hydrogen) atoms. The molecule has 140 valence electrons. The van der Waals surface area contributed by atoms with Gasteiger partial charge in [-0.05, 0) is 29.9 Å². The molecule has 0 radical (unpaired) electrons. The van der Waals surface area contributed by atoms with Crippen LogP contribution in [0.25, 0.3) is 0 Å². The number of rotatable bonds is 3. The quantitative estimate of drug-likeness (QED) is 0.700. The van der Waals surface area contributed by atoms with Crippen molar-refractivity contribution >= 4 is 34.2 Å². The van der Waals surface area contributed by atoms with Crippen LogP contribution in [0, 0.1) is 0 Å². The van der Waals surface area contributed by atoms with Crippen LogP contribution in [0.4, 0.5) is 5.00 Å². The zero-order valence-electron chi connectivity index (χ0n) is 14.3. The normalized spacial score (nSPS) is 23.3. The number of nitrogens with one attached hydrogen (secondary N) is 1. The number of carbonyl (C=O) groups excluding carboxylic acids is 1. The molecule has 3 heterocycles. The summed E-state index contributed by atoms with van der Waals surface area (Å²) >= 11 is 1.17. The van der Waals surface area contributed by atoms with Crippen LogP contribution < -0.4 is 5.32 Å². The summed E-state index contributed by atoms with van der Waals surface area (Å²) in [5.74, 6) is -3.91. The molecular formula is C19H18N2O5S. The number of carboxylic acid groups (broad SMARTS) is 2. The van der Waals surface area contributed by atoms with E-state index < -0.39 is 17.8 Å². The van der Waals surface area contributed by atoms with Crippen LogP contribution in [0.3, 0.4) is 0 Å². The number of hydrogen-bond donors (Lipinski definition) is 3. The van der Waals surface area contributed by atoms with E-state index in [1.807, 2.05) is 18.2 Å². The number of amides is 1. The Kier molecular flexibility index (Phi) is 4.45. The lowest BCUT2D eigenvalue weighted by Gasteiger charge is -2.43. The van der Waals surface area contributed by atoms with Gasteiger partial charge in [-0.25, -0.2) is 9.59 Å². The molecule has 4 rings (SSSR count). The van der Waals surface area contributed by atoms with Gasteiger partial charge in [0.2, 0.25) is 0 Å². The lowest BCUT2D eigenvalue weighted by atomic mass is 9.80. The molecule has 0 saturated carbocycles. The van der Waals surface area contributed by atoms with Crippen molar-refractivity contribution in [3.05, 3.63) is 51.9 Å². The van der Waals surface area contributed by atoms with E-state index in [0.717, 1.165) is 29.8 Å². The first kappa shape index (κ1) is 17.7. The van der Waals surface area contributed by atoms with Gasteiger partial charge in [-0.3, -0.25) is 9.69 Å². The minimum absolute atomic E-state index is 0.0485. The fourth-order valence-electron chi connectivity index (χ4n) is 4.19. The smallest absolute Gasteiger partial charge is 0.394 e. The average molecular weight is 386 g/mol. The number of anilines is 1. The molecule has 1 amide bonds. The maximum Gasteiger partial charge on any atom is 0.394 e. The molecule has 2 bridgehead atoms. The molecule has 2 aliphatic heterocycles. The number of carboxylic acids is 2. The van der Waals surface area contributed by atoms with Gasteiger partial charge in [-0.2, -0.15) is 0 Å². The summed E-state index contributed by atoms with van der Waals surface area (Å²) in [6, 6.07) is 10.5. The van der Waals surface area contributed by atoms with Crippen LogP contribution in [-0.2, 0) is 16.1 Å². The first-order valence-corrected chi connectivity index (χ1v) is 9.49. The van der Waals surface area contributed by atoms with Gasteiger partial charge in [0.15, 0.2) is 0 Å². The summed E-state index contributed by atoms with van der Waals surface area (Å²) in [7, 11) is 0. The number of aromatic carboxylic acids is 1. The maximum absolute atomic E-state index is 11.8. The monoisotopic (exact) mass is 386 g/mol. The first-order chi connectivity index (χ1) is 13.0. The molecule has 1 saturated heterocycles. The van der Waals surface area contributed by atoms with Crippen molar-refractivity contribution in [2.24, 2.45) is 0 Å².